The first-order chi connectivity index (χ1) is 15.0. The van der Waals surface area contributed by atoms with Gasteiger partial charge in [0.25, 0.3) is 5.91 Å². The summed E-state index contributed by atoms with van der Waals surface area (Å²) in [7, 11) is 1.21. The van der Waals surface area contributed by atoms with E-state index in [2.05, 4.69) is 10.6 Å². The highest BCUT2D eigenvalue weighted by atomic mass is 35.5. The van der Waals surface area contributed by atoms with Crippen molar-refractivity contribution in [3.05, 3.63) is 64.6 Å². The largest absolute Gasteiger partial charge is 0.494 e. The summed E-state index contributed by atoms with van der Waals surface area (Å²) in [6.45, 7) is 1.58. The van der Waals surface area contributed by atoms with Crippen molar-refractivity contribution in [2.24, 2.45) is 5.92 Å². The van der Waals surface area contributed by atoms with E-state index in [-0.39, 0.29) is 23.0 Å². The van der Waals surface area contributed by atoms with Gasteiger partial charge in [-0.1, -0.05) is 18.5 Å². The molecule has 1 aliphatic heterocycles. The van der Waals surface area contributed by atoms with Crippen molar-refractivity contribution in [2.75, 3.05) is 7.11 Å². The van der Waals surface area contributed by atoms with Crippen LogP contribution >= 0.6 is 11.6 Å². The molecule has 2 aromatic carbocycles. The van der Waals surface area contributed by atoms with Crippen LogP contribution in [-0.4, -0.2) is 25.0 Å². The molecule has 0 aliphatic carbocycles. The van der Waals surface area contributed by atoms with Crippen molar-refractivity contribution >= 4 is 23.4 Å². The van der Waals surface area contributed by atoms with Crippen molar-refractivity contribution in [3.63, 3.8) is 0 Å². The van der Waals surface area contributed by atoms with Crippen LogP contribution in [0.3, 0.4) is 0 Å². The molecule has 11 heteroatoms. The minimum absolute atomic E-state index is 0.194. The number of methoxy groups -OCH3 is 1. The third kappa shape index (κ3) is 4.80. The number of rotatable bonds is 5. The second-order valence-electron chi connectivity index (χ2n) is 6.86. The zero-order valence-electron chi connectivity index (χ0n) is 16.7. The molecule has 2 unspecified atom stereocenters. The van der Waals surface area contributed by atoms with Gasteiger partial charge in [-0.05, 0) is 36.4 Å². The summed E-state index contributed by atoms with van der Waals surface area (Å²) in [4.78, 5) is 24.6. The lowest BCUT2D eigenvalue weighted by Crippen LogP contribution is -2.46. The zero-order chi connectivity index (χ0) is 23.6. The number of hydrogen-bond donors (Lipinski definition) is 2. The standard InChI is InChI=1S/C21H17ClF4N2O4/c1-10-13(7-8-27-19(10)29)28-20(30)12-4-3-11(21(24,25)26)9-16(12)32-14-5-6-15(31-2)18(23)17(14)22/h3-10,13H,1-2H3,(H,27,29)(H,28,30). The fourth-order valence-corrected chi connectivity index (χ4v) is 3.13. The first-order valence-electron chi connectivity index (χ1n) is 9.22. The van der Waals surface area contributed by atoms with Gasteiger partial charge in [-0.15, -0.1) is 0 Å². The van der Waals surface area contributed by atoms with Crippen molar-refractivity contribution in [2.45, 2.75) is 19.1 Å². The monoisotopic (exact) mass is 472 g/mol. The number of amides is 2. The van der Waals surface area contributed by atoms with Crippen molar-refractivity contribution < 1.29 is 36.6 Å². The Morgan fingerprint density at radius 1 is 1.16 bits per heavy atom. The number of carbonyl (C=O) groups excluding carboxylic acids is 2. The molecule has 32 heavy (non-hydrogen) atoms. The molecule has 0 fully saturated rings. The van der Waals surface area contributed by atoms with E-state index in [1.165, 1.54) is 31.5 Å². The van der Waals surface area contributed by atoms with Crippen molar-refractivity contribution in [3.8, 4) is 17.2 Å². The number of alkyl halides is 3. The molecule has 1 aliphatic rings. The van der Waals surface area contributed by atoms with Crippen LogP contribution < -0.4 is 20.1 Å². The maximum atomic E-state index is 14.2. The smallest absolute Gasteiger partial charge is 0.416 e. The van der Waals surface area contributed by atoms with E-state index in [0.717, 1.165) is 6.07 Å². The van der Waals surface area contributed by atoms with Crippen LogP contribution in [0.4, 0.5) is 17.6 Å². The number of halogens is 5. The Labute approximate surface area is 185 Å². The van der Waals surface area contributed by atoms with Gasteiger partial charge in [-0.25, -0.2) is 4.39 Å². The minimum Gasteiger partial charge on any atom is -0.494 e. The Kier molecular flexibility index (Phi) is 6.63. The lowest BCUT2D eigenvalue weighted by Gasteiger charge is -2.25. The topological polar surface area (TPSA) is 76.7 Å². The molecule has 1 heterocycles. The van der Waals surface area contributed by atoms with E-state index >= 15 is 0 Å². The van der Waals surface area contributed by atoms with Crippen LogP contribution in [0.1, 0.15) is 22.8 Å². The molecule has 2 aromatic rings. The second-order valence-corrected chi connectivity index (χ2v) is 7.24. The van der Waals surface area contributed by atoms with Gasteiger partial charge in [0, 0.05) is 6.20 Å². The SMILES string of the molecule is COc1ccc(Oc2cc(C(F)(F)F)ccc2C(=O)NC2C=CNC(=O)C2C)c(Cl)c1F. The van der Waals surface area contributed by atoms with E-state index in [9.17, 15) is 27.2 Å². The fourth-order valence-electron chi connectivity index (χ4n) is 2.94. The molecule has 0 radical (unpaired) electrons. The van der Waals surface area contributed by atoms with E-state index in [1.807, 2.05) is 0 Å². The highest BCUT2D eigenvalue weighted by Crippen LogP contribution is 2.39. The number of hydrogen-bond acceptors (Lipinski definition) is 4. The third-order valence-electron chi connectivity index (χ3n) is 4.78. The maximum Gasteiger partial charge on any atom is 0.416 e. The summed E-state index contributed by atoms with van der Waals surface area (Å²) >= 11 is 5.92. The van der Waals surface area contributed by atoms with Crippen LogP contribution in [0.2, 0.25) is 5.02 Å². The van der Waals surface area contributed by atoms with E-state index in [0.29, 0.717) is 12.1 Å². The van der Waals surface area contributed by atoms with Crippen molar-refractivity contribution in [1.29, 1.82) is 0 Å². The Morgan fingerprint density at radius 3 is 2.50 bits per heavy atom. The van der Waals surface area contributed by atoms with E-state index in [1.54, 1.807) is 6.92 Å². The van der Waals surface area contributed by atoms with Crippen LogP contribution in [0, 0.1) is 11.7 Å². The molecule has 0 aromatic heterocycles. The molecule has 0 bridgehead atoms. The summed E-state index contributed by atoms with van der Waals surface area (Å²) in [6, 6.07) is 3.93. The van der Waals surface area contributed by atoms with Crippen molar-refractivity contribution in [1.82, 2.24) is 10.6 Å². The van der Waals surface area contributed by atoms with Gasteiger partial charge in [0.15, 0.2) is 11.6 Å². The van der Waals surface area contributed by atoms with Gasteiger partial charge < -0.3 is 20.1 Å². The summed E-state index contributed by atoms with van der Waals surface area (Å²) in [6.07, 6.45) is -1.83. The molecule has 0 saturated heterocycles. The summed E-state index contributed by atoms with van der Waals surface area (Å²) < 4.78 is 64.2. The lowest BCUT2D eigenvalue weighted by atomic mass is 9.98. The average Bonchev–Trinajstić information content (AvgIpc) is 2.74. The molecule has 0 saturated carbocycles. The molecular formula is C21H17ClF4N2O4. The van der Waals surface area contributed by atoms with Gasteiger partial charge in [0.05, 0.1) is 30.2 Å². The molecular weight excluding hydrogens is 456 g/mol. The van der Waals surface area contributed by atoms with E-state index in [4.69, 9.17) is 21.1 Å². The molecule has 2 amide bonds. The molecule has 6 nitrogen and oxygen atoms in total. The van der Waals surface area contributed by atoms with Gasteiger partial charge in [-0.3, -0.25) is 9.59 Å². The summed E-state index contributed by atoms with van der Waals surface area (Å²) in [5.41, 5.74) is -1.35. The van der Waals surface area contributed by atoms with Crippen LogP contribution in [0.25, 0.3) is 0 Å². The number of benzene rings is 2. The number of nitrogens with one attached hydrogen (secondary N) is 2. The molecule has 0 spiro atoms. The average molecular weight is 473 g/mol. The summed E-state index contributed by atoms with van der Waals surface area (Å²) in [5, 5.41) is 4.52. The first kappa shape index (κ1) is 23.4. The predicted molar refractivity (Wildman–Crippen MR) is 107 cm³/mol. The van der Waals surface area contributed by atoms with Crippen LogP contribution in [-0.2, 0) is 11.0 Å². The first-order valence-corrected chi connectivity index (χ1v) is 9.59. The Balaban J connectivity index is 1.99. The zero-order valence-corrected chi connectivity index (χ0v) is 17.5. The second kappa shape index (κ2) is 9.07. The lowest BCUT2D eigenvalue weighted by molar-refractivity contribution is -0.137. The Hall–Kier alpha value is -3.27. The van der Waals surface area contributed by atoms with Crippen LogP contribution in [0.5, 0.6) is 17.2 Å². The number of carbonyl (C=O) groups is 2. The van der Waals surface area contributed by atoms with E-state index < -0.39 is 46.2 Å². The molecule has 2 atom stereocenters. The van der Waals surface area contributed by atoms with Gasteiger partial charge >= 0.3 is 6.18 Å². The van der Waals surface area contributed by atoms with Gasteiger partial charge in [-0.2, -0.15) is 13.2 Å². The van der Waals surface area contributed by atoms with Crippen LogP contribution in [0.15, 0.2) is 42.6 Å². The predicted octanol–water partition coefficient (Wildman–Crippen LogP) is 4.68. The molecule has 170 valence electrons. The number of ether oxygens (including phenoxy) is 2. The quantitative estimate of drug-likeness (QED) is 0.620. The maximum absolute atomic E-state index is 14.2. The molecule has 2 N–H and O–H groups in total. The Bertz CT molecular complexity index is 1090. The highest BCUT2D eigenvalue weighted by molar-refractivity contribution is 6.32. The third-order valence-corrected chi connectivity index (χ3v) is 5.14. The fraction of sp³-hybridized carbons (Fsp3) is 0.238. The van der Waals surface area contributed by atoms with Gasteiger partial charge in [0.2, 0.25) is 5.91 Å². The van der Waals surface area contributed by atoms with Gasteiger partial charge in [0.1, 0.15) is 16.5 Å². The minimum atomic E-state index is -4.72. The highest BCUT2D eigenvalue weighted by Gasteiger charge is 2.33. The summed E-state index contributed by atoms with van der Waals surface area (Å²) in [5.74, 6) is -3.73. The Morgan fingerprint density at radius 2 is 1.84 bits per heavy atom. The normalized spacial score (nSPS) is 18.2. The molecule has 3 rings (SSSR count).